The van der Waals surface area contributed by atoms with Gasteiger partial charge in [0.25, 0.3) is 5.91 Å². The molecule has 0 N–H and O–H groups in total. The maximum Gasteiger partial charge on any atom is 0.262 e. The van der Waals surface area contributed by atoms with Gasteiger partial charge in [0.1, 0.15) is 0 Å². The zero-order valence-electron chi connectivity index (χ0n) is 8.74. The van der Waals surface area contributed by atoms with Crippen LogP contribution in [0.3, 0.4) is 0 Å². The van der Waals surface area contributed by atoms with Crippen molar-refractivity contribution >= 4 is 12.0 Å². The van der Waals surface area contributed by atoms with Gasteiger partial charge in [0.05, 0.1) is 5.41 Å². The molecule has 0 unspecified atom stereocenters. The van der Waals surface area contributed by atoms with Gasteiger partial charge in [-0.3, -0.25) is 4.79 Å². The van der Waals surface area contributed by atoms with Crippen molar-refractivity contribution in [1.82, 2.24) is 0 Å². The largest absolute Gasteiger partial charge is 0.271 e. The fraction of sp³-hybridized carbons (Fsp3) is 0.833. The third-order valence-electron chi connectivity index (χ3n) is 4.64. The number of rotatable bonds is 1. The number of hydrogen-bond acceptors (Lipinski definition) is 2. The van der Waals surface area contributed by atoms with Crippen LogP contribution in [0.25, 0.3) is 0 Å². The van der Waals surface area contributed by atoms with Gasteiger partial charge in [0, 0.05) is 0 Å². The fourth-order valence-corrected chi connectivity index (χ4v) is 4.53. The first-order chi connectivity index (χ1) is 7.22. The van der Waals surface area contributed by atoms with Crippen molar-refractivity contribution in [1.29, 1.82) is 0 Å². The standard InChI is InChI=1S/C12H15NO2/c14-7-13-11(15)12-4-8-1-9(5-12)3-10(2-8)6-12/h8-10H,1-6H2. The van der Waals surface area contributed by atoms with Gasteiger partial charge in [0.2, 0.25) is 6.08 Å². The van der Waals surface area contributed by atoms with Gasteiger partial charge in [-0.15, -0.1) is 4.99 Å². The van der Waals surface area contributed by atoms with E-state index in [9.17, 15) is 9.59 Å². The molecule has 0 saturated heterocycles. The van der Waals surface area contributed by atoms with E-state index in [1.54, 1.807) is 0 Å². The zero-order chi connectivity index (χ0) is 10.5. The van der Waals surface area contributed by atoms with Crippen LogP contribution in [0.5, 0.6) is 0 Å². The molecule has 15 heavy (non-hydrogen) atoms. The molecule has 0 radical (unpaired) electrons. The fourth-order valence-electron chi connectivity index (χ4n) is 4.53. The third kappa shape index (κ3) is 1.30. The topological polar surface area (TPSA) is 46.5 Å². The van der Waals surface area contributed by atoms with Crippen molar-refractivity contribution in [3.8, 4) is 0 Å². The molecule has 4 fully saturated rings. The molecule has 0 aromatic heterocycles. The lowest BCUT2D eigenvalue weighted by Gasteiger charge is -2.54. The molecule has 1 amide bonds. The molecule has 4 aliphatic carbocycles. The first kappa shape index (κ1) is 9.29. The Morgan fingerprint density at radius 3 is 1.93 bits per heavy atom. The summed E-state index contributed by atoms with van der Waals surface area (Å²) in [7, 11) is 0. The van der Waals surface area contributed by atoms with Crippen LogP contribution in [-0.4, -0.2) is 12.0 Å². The van der Waals surface area contributed by atoms with Crippen LogP contribution < -0.4 is 0 Å². The van der Waals surface area contributed by atoms with E-state index >= 15 is 0 Å². The molecule has 80 valence electrons. The molecule has 0 aliphatic heterocycles. The number of nitrogens with zero attached hydrogens (tertiary/aromatic N) is 1. The second-order valence-corrected chi connectivity index (χ2v) is 5.71. The first-order valence-electron chi connectivity index (χ1n) is 5.84. The third-order valence-corrected chi connectivity index (χ3v) is 4.64. The van der Waals surface area contributed by atoms with E-state index in [1.165, 1.54) is 25.3 Å². The second kappa shape index (κ2) is 3.02. The van der Waals surface area contributed by atoms with Crippen molar-refractivity contribution in [2.24, 2.45) is 28.2 Å². The average Bonchev–Trinajstić information content (AvgIpc) is 2.15. The van der Waals surface area contributed by atoms with E-state index in [0.29, 0.717) is 0 Å². The SMILES string of the molecule is O=C=NC(=O)C12CC3CC(CC(C3)C1)C2. The van der Waals surface area contributed by atoms with Crippen molar-refractivity contribution < 1.29 is 9.59 Å². The number of hydrogen-bond donors (Lipinski definition) is 0. The van der Waals surface area contributed by atoms with Crippen LogP contribution in [0.2, 0.25) is 0 Å². The minimum Gasteiger partial charge on any atom is -0.271 e. The van der Waals surface area contributed by atoms with E-state index in [4.69, 9.17) is 0 Å². The lowest BCUT2D eigenvalue weighted by atomic mass is 9.49. The summed E-state index contributed by atoms with van der Waals surface area (Å²) in [6.07, 6.45) is 8.25. The Morgan fingerprint density at radius 1 is 1.07 bits per heavy atom. The van der Waals surface area contributed by atoms with E-state index in [2.05, 4.69) is 4.99 Å². The van der Waals surface area contributed by atoms with E-state index < -0.39 is 0 Å². The number of carbonyl (C=O) groups excluding carboxylic acids is 2. The van der Waals surface area contributed by atoms with Crippen LogP contribution in [0.4, 0.5) is 0 Å². The molecule has 4 aliphatic rings. The molecule has 0 spiro atoms. The summed E-state index contributed by atoms with van der Waals surface area (Å²) in [5, 5.41) is 0. The lowest BCUT2D eigenvalue weighted by Crippen LogP contribution is -2.49. The average molecular weight is 205 g/mol. The van der Waals surface area contributed by atoms with E-state index in [0.717, 1.165) is 37.0 Å². The molecule has 0 aromatic rings. The van der Waals surface area contributed by atoms with Crippen LogP contribution in [-0.2, 0) is 9.59 Å². The Bertz CT molecular complexity index is 319. The Morgan fingerprint density at radius 2 is 1.53 bits per heavy atom. The number of isocyanates is 1. The summed E-state index contributed by atoms with van der Waals surface area (Å²) < 4.78 is 0. The van der Waals surface area contributed by atoms with Gasteiger partial charge < -0.3 is 0 Å². The molecule has 4 bridgehead atoms. The summed E-state index contributed by atoms with van der Waals surface area (Å²) in [4.78, 5) is 25.4. The number of aliphatic imine (C=N–C) groups is 1. The smallest absolute Gasteiger partial charge is 0.262 e. The van der Waals surface area contributed by atoms with Crippen LogP contribution in [0.15, 0.2) is 4.99 Å². The highest BCUT2D eigenvalue weighted by atomic mass is 16.2. The predicted molar refractivity (Wildman–Crippen MR) is 53.7 cm³/mol. The summed E-state index contributed by atoms with van der Waals surface area (Å²) in [6, 6.07) is 0. The summed E-state index contributed by atoms with van der Waals surface area (Å²) in [5.41, 5.74) is -0.258. The molecular weight excluding hydrogens is 190 g/mol. The Hall–Kier alpha value is -0.950. The lowest BCUT2D eigenvalue weighted by molar-refractivity contribution is -0.142. The van der Waals surface area contributed by atoms with Crippen LogP contribution in [0.1, 0.15) is 38.5 Å². The maximum absolute atomic E-state index is 11.9. The van der Waals surface area contributed by atoms with E-state index in [1.807, 2.05) is 0 Å². The van der Waals surface area contributed by atoms with Gasteiger partial charge in [0.15, 0.2) is 0 Å². The highest BCUT2D eigenvalue weighted by Gasteiger charge is 2.54. The zero-order valence-corrected chi connectivity index (χ0v) is 8.74. The van der Waals surface area contributed by atoms with Gasteiger partial charge in [-0.25, -0.2) is 4.79 Å². The van der Waals surface area contributed by atoms with Crippen LogP contribution in [0, 0.1) is 23.2 Å². The van der Waals surface area contributed by atoms with E-state index in [-0.39, 0.29) is 11.3 Å². The maximum atomic E-state index is 11.9. The number of carbonyl (C=O) groups is 1. The van der Waals surface area contributed by atoms with Gasteiger partial charge in [-0.05, 0) is 56.3 Å². The minimum absolute atomic E-state index is 0.184. The van der Waals surface area contributed by atoms with Gasteiger partial charge in [-0.1, -0.05) is 0 Å². The normalized spacial score (nSPS) is 46.3. The molecule has 4 saturated carbocycles. The second-order valence-electron chi connectivity index (χ2n) is 5.71. The summed E-state index contributed by atoms with van der Waals surface area (Å²) in [5.74, 6) is 1.99. The summed E-state index contributed by atoms with van der Waals surface area (Å²) >= 11 is 0. The van der Waals surface area contributed by atoms with Crippen molar-refractivity contribution in [2.45, 2.75) is 38.5 Å². The highest BCUT2D eigenvalue weighted by molar-refractivity contribution is 5.87. The Balaban J connectivity index is 1.92. The molecule has 0 atom stereocenters. The Labute approximate surface area is 89.0 Å². The highest BCUT2D eigenvalue weighted by Crippen LogP contribution is 2.60. The van der Waals surface area contributed by atoms with Crippen LogP contribution >= 0.6 is 0 Å². The van der Waals surface area contributed by atoms with Gasteiger partial charge in [-0.2, -0.15) is 0 Å². The summed E-state index contributed by atoms with van der Waals surface area (Å²) in [6.45, 7) is 0. The first-order valence-corrected chi connectivity index (χ1v) is 5.84. The Kier molecular flexibility index (Phi) is 1.87. The molecule has 0 heterocycles. The van der Waals surface area contributed by atoms with Crippen molar-refractivity contribution in [3.05, 3.63) is 0 Å². The molecule has 4 rings (SSSR count). The van der Waals surface area contributed by atoms with Crippen molar-refractivity contribution in [3.63, 3.8) is 0 Å². The van der Waals surface area contributed by atoms with Crippen molar-refractivity contribution in [2.75, 3.05) is 0 Å². The molecule has 3 heteroatoms. The number of amides is 1. The molecule has 3 nitrogen and oxygen atoms in total. The predicted octanol–water partition coefficient (Wildman–Crippen LogP) is 2.07. The molecular formula is C12H15NO2. The molecule has 0 aromatic carbocycles. The monoisotopic (exact) mass is 205 g/mol. The van der Waals surface area contributed by atoms with Gasteiger partial charge >= 0.3 is 0 Å². The minimum atomic E-state index is -0.258. The quantitative estimate of drug-likeness (QED) is 0.486.